The quantitative estimate of drug-likeness (QED) is 0.0299. The molecule has 1 fully saturated rings. The number of unbranched alkanes of at least 4 members (excludes halogenated alkanes) is 44. The molecule has 0 aromatic rings. The molecule has 0 amide bonds. The average Bonchev–Trinajstić information content (AvgIpc) is 3.42. The minimum Gasteiger partial charge on any atom is -0.479 e. The summed E-state index contributed by atoms with van der Waals surface area (Å²) in [6.07, 6.45) is 47.7. The predicted octanol–water partition coefficient (Wildman–Crippen LogP) is 17.5. The number of aliphatic hydroxyl groups excluding tert-OH is 2. The maximum atomic E-state index is 13.2. The van der Waals surface area contributed by atoms with Crippen LogP contribution < -0.4 is 0 Å². The van der Waals surface area contributed by atoms with Crippen molar-refractivity contribution in [3.63, 3.8) is 0 Å². The molecule has 0 bridgehead atoms. The molecule has 0 aromatic heterocycles. The first-order valence-electron chi connectivity index (χ1n) is 33.0. The van der Waals surface area contributed by atoms with Crippen molar-refractivity contribution in [2.75, 3.05) is 13.2 Å². The van der Waals surface area contributed by atoms with Gasteiger partial charge in [-0.2, -0.15) is 0 Å². The first-order valence-corrected chi connectivity index (χ1v) is 33.0. The lowest BCUT2D eigenvalue weighted by molar-refractivity contribution is -0.301. The highest BCUT2D eigenvalue weighted by Gasteiger charge is 2.50. The van der Waals surface area contributed by atoms with Gasteiger partial charge in [-0.3, -0.25) is 14.4 Å². The minimum absolute atomic E-state index is 0.0710. The molecule has 454 valence electrons. The molecule has 6 unspecified atom stereocenters. The van der Waals surface area contributed by atoms with Crippen LogP contribution >= 0.6 is 0 Å². The van der Waals surface area contributed by atoms with E-state index >= 15 is 0 Å². The first kappa shape index (κ1) is 72.7. The van der Waals surface area contributed by atoms with Gasteiger partial charge in [0.15, 0.2) is 24.6 Å². The van der Waals surface area contributed by atoms with Crippen LogP contribution in [0.4, 0.5) is 0 Å². The van der Waals surface area contributed by atoms with Crippen molar-refractivity contribution >= 4 is 23.9 Å². The van der Waals surface area contributed by atoms with Gasteiger partial charge in [0.25, 0.3) is 0 Å². The molecule has 6 atom stereocenters. The van der Waals surface area contributed by atoms with E-state index in [0.29, 0.717) is 19.3 Å². The van der Waals surface area contributed by atoms with Crippen LogP contribution in [-0.4, -0.2) is 89.2 Å². The Bertz CT molecular complexity index is 1340. The maximum Gasteiger partial charge on any atom is 0.335 e. The summed E-state index contributed by atoms with van der Waals surface area (Å²) in [5, 5.41) is 31.6. The Labute approximate surface area is 472 Å². The van der Waals surface area contributed by atoms with Gasteiger partial charge in [0.05, 0.1) is 6.61 Å². The van der Waals surface area contributed by atoms with E-state index < -0.39 is 67.3 Å². The molecule has 0 radical (unpaired) electrons. The Morgan fingerprint density at radius 2 is 0.662 bits per heavy atom. The highest BCUT2D eigenvalue weighted by Crippen LogP contribution is 2.27. The Morgan fingerprint density at radius 3 is 0.974 bits per heavy atom. The molecule has 3 N–H and O–H groups in total. The van der Waals surface area contributed by atoms with E-state index in [1.807, 2.05) is 0 Å². The minimum atomic E-state index is -1.89. The normalized spacial score (nSPS) is 17.9. The molecular weight excluding hydrogens is 973 g/mol. The van der Waals surface area contributed by atoms with Crippen LogP contribution in [0.5, 0.6) is 0 Å². The third-order valence-electron chi connectivity index (χ3n) is 15.7. The fourth-order valence-electron chi connectivity index (χ4n) is 10.6. The van der Waals surface area contributed by atoms with E-state index in [2.05, 4.69) is 20.8 Å². The van der Waals surface area contributed by atoms with Gasteiger partial charge in [-0.15, -0.1) is 0 Å². The zero-order chi connectivity index (χ0) is 56.1. The first-order chi connectivity index (χ1) is 37.6. The molecule has 0 saturated carbocycles. The van der Waals surface area contributed by atoms with Gasteiger partial charge in [-0.1, -0.05) is 303 Å². The van der Waals surface area contributed by atoms with Crippen molar-refractivity contribution < 1.29 is 58.2 Å². The number of carbonyl (C=O) groups is 4. The Hall–Kier alpha value is -2.28. The van der Waals surface area contributed by atoms with E-state index in [1.54, 1.807) is 0 Å². The van der Waals surface area contributed by atoms with Crippen molar-refractivity contribution in [3.8, 4) is 0 Å². The van der Waals surface area contributed by atoms with Crippen molar-refractivity contribution in [1.29, 1.82) is 0 Å². The second-order valence-electron chi connectivity index (χ2n) is 23.1. The second kappa shape index (κ2) is 54.3. The van der Waals surface area contributed by atoms with Gasteiger partial charge >= 0.3 is 23.9 Å². The number of carboxylic acid groups (broad SMARTS) is 1. The number of rotatable bonds is 58. The molecule has 1 saturated heterocycles. The monoisotopic (exact) mass is 1090 g/mol. The number of aliphatic hydroxyl groups is 2. The molecule has 12 nitrogen and oxygen atoms in total. The summed E-state index contributed by atoms with van der Waals surface area (Å²) >= 11 is 0. The lowest BCUT2D eigenvalue weighted by Gasteiger charge is -2.40. The van der Waals surface area contributed by atoms with E-state index in [4.69, 9.17) is 23.7 Å². The number of hydrogen-bond acceptors (Lipinski definition) is 11. The van der Waals surface area contributed by atoms with Crippen LogP contribution in [0.3, 0.4) is 0 Å². The predicted molar refractivity (Wildman–Crippen MR) is 313 cm³/mol. The Balaban J connectivity index is 2.63. The molecule has 0 aromatic carbocycles. The second-order valence-corrected chi connectivity index (χ2v) is 23.1. The molecule has 0 spiro atoms. The van der Waals surface area contributed by atoms with Crippen LogP contribution in [0.1, 0.15) is 342 Å². The van der Waals surface area contributed by atoms with Crippen LogP contribution in [0.15, 0.2) is 0 Å². The SMILES string of the molecule is CCCCCCCCCCCCCCCCCCCC(=O)OCC(COC1OC(C(=O)O)C(O)C(O)C1OC(=O)CCCCCCCCCCCCCCCCC)OC(=O)CCCCCCCCCCCCCCCCC. The number of aliphatic carboxylic acids is 1. The number of esters is 3. The van der Waals surface area contributed by atoms with Crippen molar-refractivity contribution in [2.45, 2.75) is 379 Å². The van der Waals surface area contributed by atoms with Crippen LogP contribution in [0.25, 0.3) is 0 Å². The van der Waals surface area contributed by atoms with Crippen LogP contribution in [-0.2, 0) is 42.9 Å². The fourth-order valence-corrected chi connectivity index (χ4v) is 10.6. The Morgan fingerprint density at radius 1 is 0.377 bits per heavy atom. The molecule has 1 heterocycles. The highest BCUT2D eigenvalue weighted by molar-refractivity contribution is 5.74. The number of carboxylic acids is 1. The fraction of sp³-hybridized carbons (Fsp3) is 0.938. The van der Waals surface area contributed by atoms with Gasteiger partial charge in [0, 0.05) is 19.3 Å². The van der Waals surface area contributed by atoms with Gasteiger partial charge < -0.3 is 39.0 Å². The third kappa shape index (κ3) is 44.1. The third-order valence-corrected chi connectivity index (χ3v) is 15.7. The molecule has 1 aliphatic rings. The average molecular weight is 1100 g/mol. The number of hydrogen-bond donors (Lipinski definition) is 3. The van der Waals surface area contributed by atoms with Crippen molar-refractivity contribution in [1.82, 2.24) is 0 Å². The van der Waals surface area contributed by atoms with Crippen LogP contribution in [0, 0.1) is 0 Å². The molecule has 1 aliphatic heterocycles. The van der Waals surface area contributed by atoms with E-state index in [-0.39, 0.29) is 25.9 Å². The topological polar surface area (TPSA) is 175 Å². The highest BCUT2D eigenvalue weighted by atomic mass is 16.7. The van der Waals surface area contributed by atoms with E-state index in [1.165, 1.54) is 225 Å². The zero-order valence-corrected chi connectivity index (χ0v) is 50.2. The largest absolute Gasteiger partial charge is 0.479 e. The molecule has 77 heavy (non-hydrogen) atoms. The summed E-state index contributed by atoms with van der Waals surface area (Å²) in [5.41, 5.74) is 0. The molecule has 12 heteroatoms. The molecular formula is C65H122O12. The summed E-state index contributed by atoms with van der Waals surface area (Å²) in [7, 11) is 0. The van der Waals surface area contributed by atoms with Crippen molar-refractivity contribution in [3.05, 3.63) is 0 Å². The Kier molecular flexibility index (Phi) is 51.3. The lowest BCUT2D eigenvalue weighted by atomic mass is 9.98. The van der Waals surface area contributed by atoms with Crippen molar-refractivity contribution in [2.24, 2.45) is 0 Å². The smallest absolute Gasteiger partial charge is 0.335 e. The van der Waals surface area contributed by atoms with E-state index in [0.717, 1.165) is 57.8 Å². The molecule has 1 rings (SSSR count). The summed E-state index contributed by atoms with van der Waals surface area (Å²) in [6.45, 7) is 6.07. The summed E-state index contributed by atoms with van der Waals surface area (Å²) in [4.78, 5) is 51.3. The standard InChI is InChI=1S/C65H122O12/c1-4-7-10-13-16-19-22-25-28-29-32-33-36-39-42-45-48-51-57(66)73-54-56(75-58(67)52-49-46-43-40-37-34-30-26-23-20-17-14-11-8-5-2)55-74-65-63(61(70)60(69)62(77-65)64(71)72)76-59(68)53-50-47-44-41-38-35-31-27-24-21-18-15-12-9-6-3/h56,60-63,65,69-70H,4-55H2,1-3H3,(H,71,72). The van der Waals surface area contributed by atoms with Gasteiger partial charge in [-0.25, -0.2) is 4.79 Å². The zero-order valence-electron chi connectivity index (χ0n) is 50.2. The van der Waals surface area contributed by atoms with Gasteiger partial charge in [0.2, 0.25) is 0 Å². The molecule has 0 aliphatic carbocycles. The number of carbonyl (C=O) groups excluding carboxylic acids is 3. The lowest BCUT2D eigenvalue weighted by Crippen LogP contribution is -2.61. The maximum absolute atomic E-state index is 13.2. The summed E-state index contributed by atoms with van der Waals surface area (Å²) in [5.74, 6) is -3.06. The van der Waals surface area contributed by atoms with Gasteiger partial charge in [-0.05, 0) is 19.3 Å². The number of ether oxygens (including phenoxy) is 5. The summed E-state index contributed by atoms with van der Waals surface area (Å²) < 4.78 is 28.6. The van der Waals surface area contributed by atoms with Crippen LogP contribution in [0.2, 0.25) is 0 Å². The summed E-state index contributed by atoms with van der Waals surface area (Å²) in [6, 6.07) is 0. The van der Waals surface area contributed by atoms with Gasteiger partial charge in [0.1, 0.15) is 18.8 Å². The van der Waals surface area contributed by atoms with E-state index in [9.17, 15) is 34.5 Å².